The van der Waals surface area contributed by atoms with Crippen LogP contribution in [0.15, 0.2) is 18.5 Å². The molecule has 0 aliphatic rings. The lowest BCUT2D eigenvalue weighted by atomic mass is 10.1. The molecule has 8 heteroatoms. The Bertz CT molecular complexity index is 673. The van der Waals surface area contributed by atoms with Crippen molar-refractivity contribution in [3.63, 3.8) is 0 Å². The Balaban J connectivity index is 2.03. The predicted molar refractivity (Wildman–Crippen MR) is 73.7 cm³/mol. The molecule has 0 spiro atoms. The number of carbonyl (C=O) groups is 2. The van der Waals surface area contributed by atoms with Crippen molar-refractivity contribution in [2.45, 2.75) is 26.4 Å². The van der Waals surface area contributed by atoms with Gasteiger partial charge in [-0.05, 0) is 19.9 Å². The van der Waals surface area contributed by atoms with E-state index in [1.54, 1.807) is 4.68 Å². The number of aromatic carboxylic acids is 1. The standard InChI is InChI=1S/C13H17N5O3/c1-8(10-6-17(3)16-9(10)2)15-12(19)7-18-11(13(20)21)4-5-14-18/h4-6,8H,7H2,1-3H3,(H,15,19)(H,20,21). The Morgan fingerprint density at radius 2 is 2.19 bits per heavy atom. The summed E-state index contributed by atoms with van der Waals surface area (Å²) in [6, 6.07) is 1.14. The van der Waals surface area contributed by atoms with Crippen molar-refractivity contribution in [2.75, 3.05) is 0 Å². The molecule has 112 valence electrons. The summed E-state index contributed by atoms with van der Waals surface area (Å²) >= 11 is 0. The molecule has 8 nitrogen and oxygen atoms in total. The molecule has 21 heavy (non-hydrogen) atoms. The summed E-state index contributed by atoms with van der Waals surface area (Å²) in [4.78, 5) is 22.9. The molecule has 1 amide bonds. The number of carboxylic acid groups (broad SMARTS) is 1. The smallest absolute Gasteiger partial charge is 0.354 e. The van der Waals surface area contributed by atoms with E-state index in [9.17, 15) is 9.59 Å². The second-order valence-electron chi connectivity index (χ2n) is 4.81. The molecule has 0 radical (unpaired) electrons. The number of nitrogens with one attached hydrogen (secondary N) is 1. The van der Waals surface area contributed by atoms with E-state index in [2.05, 4.69) is 15.5 Å². The zero-order valence-corrected chi connectivity index (χ0v) is 12.1. The molecule has 0 saturated carbocycles. The summed E-state index contributed by atoms with van der Waals surface area (Å²) in [5.41, 5.74) is 1.75. The van der Waals surface area contributed by atoms with E-state index in [1.807, 2.05) is 27.1 Å². The van der Waals surface area contributed by atoms with Gasteiger partial charge in [-0.3, -0.25) is 9.48 Å². The van der Waals surface area contributed by atoms with Crippen LogP contribution in [0.4, 0.5) is 0 Å². The fourth-order valence-electron chi connectivity index (χ4n) is 2.18. The maximum Gasteiger partial charge on any atom is 0.354 e. The second kappa shape index (κ2) is 5.78. The predicted octanol–water partition coefficient (Wildman–Crippen LogP) is 0.501. The Morgan fingerprint density at radius 1 is 1.48 bits per heavy atom. The van der Waals surface area contributed by atoms with Gasteiger partial charge in [0.1, 0.15) is 12.2 Å². The number of amides is 1. The number of hydrogen-bond acceptors (Lipinski definition) is 4. The summed E-state index contributed by atoms with van der Waals surface area (Å²) in [6.45, 7) is 3.58. The molecule has 0 aromatic carbocycles. The van der Waals surface area contributed by atoms with Gasteiger partial charge in [0.2, 0.25) is 5.91 Å². The van der Waals surface area contributed by atoms with Crippen molar-refractivity contribution in [1.29, 1.82) is 0 Å². The summed E-state index contributed by atoms with van der Waals surface area (Å²) in [6.07, 6.45) is 3.20. The van der Waals surface area contributed by atoms with Gasteiger partial charge in [0.05, 0.1) is 11.7 Å². The van der Waals surface area contributed by atoms with Gasteiger partial charge in [0.15, 0.2) is 0 Å². The van der Waals surface area contributed by atoms with E-state index in [-0.39, 0.29) is 24.2 Å². The van der Waals surface area contributed by atoms with E-state index < -0.39 is 5.97 Å². The van der Waals surface area contributed by atoms with Crippen molar-refractivity contribution >= 4 is 11.9 Å². The van der Waals surface area contributed by atoms with Crippen LogP contribution in [0.1, 0.15) is 34.7 Å². The van der Waals surface area contributed by atoms with Gasteiger partial charge in [-0.1, -0.05) is 0 Å². The average molecular weight is 291 g/mol. The molecule has 2 heterocycles. The van der Waals surface area contributed by atoms with Crippen LogP contribution in [-0.2, 0) is 18.4 Å². The molecule has 2 rings (SSSR count). The summed E-state index contributed by atoms with van der Waals surface area (Å²) in [5.74, 6) is -1.42. The lowest BCUT2D eigenvalue weighted by Gasteiger charge is -2.13. The lowest BCUT2D eigenvalue weighted by molar-refractivity contribution is -0.122. The molecule has 0 aliphatic carbocycles. The van der Waals surface area contributed by atoms with Crippen LogP contribution in [0.2, 0.25) is 0 Å². The zero-order chi connectivity index (χ0) is 15.6. The van der Waals surface area contributed by atoms with Crippen molar-refractivity contribution in [2.24, 2.45) is 7.05 Å². The van der Waals surface area contributed by atoms with Gasteiger partial charge in [-0.25, -0.2) is 9.48 Å². The van der Waals surface area contributed by atoms with E-state index in [0.717, 1.165) is 15.9 Å². The van der Waals surface area contributed by atoms with Gasteiger partial charge >= 0.3 is 5.97 Å². The van der Waals surface area contributed by atoms with Gasteiger partial charge in [-0.15, -0.1) is 0 Å². The van der Waals surface area contributed by atoms with Crippen LogP contribution in [0, 0.1) is 6.92 Å². The minimum atomic E-state index is -1.11. The molecule has 0 saturated heterocycles. The minimum Gasteiger partial charge on any atom is -0.477 e. The van der Waals surface area contributed by atoms with Gasteiger partial charge in [-0.2, -0.15) is 10.2 Å². The average Bonchev–Trinajstić information content (AvgIpc) is 2.95. The van der Waals surface area contributed by atoms with E-state index in [0.29, 0.717) is 0 Å². The fraction of sp³-hybridized carbons (Fsp3) is 0.385. The van der Waals surface area contributed by atoms with Gasteiger partial charge < -0.3 is 10.4 Å². The molecular formula is C13H17N5O3. The molecule has 0 fully saturated rings. The van der Waals surface area contributed by atoms with Crippen LogP contribution in [0.5, 0.6) is 0 Å². The van der Waals surface area contributed by atoms with Crippen LogP contribution >= 0.6 is 0 Å². The Hall–Kier alpha value is -2.64. The molecule has 2 aromatic rings. The number of carbonyl (C=O) groups excluding carboxylic acids is 1. The highest BCUT2D eigenvalue weighted by atomic mass is 16.4. The number of nitrogens with zero attached hydrogens (tertiary/aromatic N) is 4. The number of rotatable bonds is 5. The number of carboxylic acids is 1. The Morgan fingerprint density at radius 3 is 2.76 bits per heavy atom. The number of aryl methyl sites for hydroxylation is 2. The summed E-state index contributed by atoms with van der Waals surface area (Å²) in [5, 5.41) is 19.8. The fourth-order valence-corrected chi connectivity index (χ4v) is 2.18. The third-order valence-corrected chi connectivity index (χ3v) is 3.12. The van der Waals surface area contributed by atoms with E-state index >= 15 is 0 Å². The highest BCUT2D eigenvalue weighted by Gasteiger charge is 2.17. The van der Waals surface area contributed by atoms with E-state index in [1.165, 1.54) is 12.3 Å². The highest BCUT2D eigenvalue weighted by Crippen LogP contribution is 2.15. The van der Waals surface area contributed by atoms with Crippen LogP contribution < -0.4 is 5.32 Å². The van der Waals surface area contributed by atoms with Crippen molar-refractivity contribution in [1.82, 2.24) is 24.9 Å². The molecule has 1 atom stereocenters. The largest absolute Gasteiger partial charge is 0.477 e. The Kier molecular flexibility index (Phi) is 4.06. The molecule has 1 unspecified atom stereocenters. The Labute approximate surface area is 121 Å². The summed E-state index contributed by atoms with van der Waals surface area (Å²) < 4.78 is 2.84. The monoisotopic (exact) mass is 291 g/mol. The first-order valence-electron chi connectivity index (χ1n) is 6.43. The molecule has 0 bridgehead atoms. The van der Waals surface area contributed by atoms with Crippen LogP contribution in [0.3, 0.4) is 0 Å². The van der Waals surface area contributed by atoms with Crippen molar-refractivity contribution in [3.8, 4) is 0 Å². The third-order valence-electron chi connectivity index (χ3n) is 3.12. The maximum absolute atomic E-state index is 12.0. The third kappa shape index (κ3) is 3.28. The number of hydrogen-bond donors (Lipinski definition) is 2. The maximum atomic E-state index is 12.0. The van der Waals surface area contributed by atoms with Crippen LogP contribution in [0.25, 0.3) is 0 Å². The molecular weight excluding hydrogens is 274 g/mol. The highest BCUT2D eigenvalue weighted by molar-refractivity contribution is 5.86. The van der Waals surface area contributed by atoms with Crippen LogP contribution in [-0.4, -0.2) is 36.5 Å². The number of aromatic nitrogens is 4. The quantitative estimate of drug-likeness (QED) is 0.835. The second-order valence-corrected chi connectivity index (χ2v) is 4.81. The van der Waals surface area contributed by atoms with E-state index in [4.69, 9.17) is 5.11 Å². The first-order valence-corrected chi connectivity index (χ1v) is 6.43. The topological polar surface area (TPSA) is 102 Å². The normalized spacial score (nSPS) is 12.1. The van der Waals surface area contributed by atoms with Crippen molar-refractivity contribution < 1.29 is 14.7 Å². The SMILES string of the molecule is Cc1nn(C)cc1C(C)NC(=O)Cn1nccc1C(=O)O. The van der Waals surface area contributed by atoms with Gasteiger partial charge in [0.25, 0.3) is 0 Å². The minimum absolute atomic E-state index is 0.0182. The summed E-state index contributed by atoms with van der Waals surface area (Å²) in [7, 11) is 1.81. The lowest BCUT2D eigenvalue weighted by Crippen LogP contribution is -2.31. The van der Waals surface area contributed by atoms with Gasteiger partial charge in [0, 0.05) is 25.0 Å². The zero-order valence-electron chi connectivity index (χ0n) is 12.1. The molecule has 0 aliphatic heterocycles. The van der Waals surface area contributed by atoms with Crippen molar-refractivity contribution in [3.05, 3.63) is 35.4 Å². The molecule has 2 N–H and O–H groups in total. The first kappa shape index (κ1) is 14.8. The molecule has 2 aromatic heterocycles. The first-order chi connectivity index (χ1) is 9.88.